The Labute approximate surface area is 140 Å². The SMILES string of the molecule is CC/C=C/C1CCCCC1CCCC[C@H]1CC[C@H](CC)CC1. The maximum Gasteiger partial charge on any atom is -0.0205 e. The van der Waals surface area contributed by atoms with Crippen LogP contribution in [0.2, 0.25) is 0 Å². The third kappa shape index (κ3) is 6.09. The molecule has 0 heteroatoms. The van der Waals surface area contributed by atoms with Gasteiger partial charge in [0.25, 0.3) is 0 Å². The zero-order chi connectivity index (χ0) is 15.6. The normalized spacial score (nSPS) is 33.4. The molecule has 2 aliphatic carbocycles. The fourth-order valence-electron chi connectivity index (χ4n) is 4.93. The van der Waals surface area contributed by atoms with E-state index in [1.54, 1.807) is 0 Å². The minimum Gasteiger partial charge on any atom is -0.0885 e. The molecule has 0 aromatic heterocycles. The molecule has 0 aromatic rings. The third-order valence-corrected chi connectivity index (χ3v) is 6.57. The van der Waals surface area contributed by atoms with E-state index in [1.165, 1.54) is 89.9 Å². The van der Waals surface area contributed by atoms with E-state index in [1.807, 2.05) is 0 Å². The molecule has 2 unspecified atom stereocenters. The van der Waals surface area contributed by atoms with E-state index in [4.69, 9.17) is 0 Å². The molecule has 0 spiro atoms. The Morgan fingerprint density at radius 1 is 0.773 bits per heavy atom. The highest BCUT2D eigenvalue weighted by atomic mass is 14.3. The van der Waals surface area contributed by atoms with E-state index in [0.29, 0.717) is 0 Å². The number of hydrogen-bond donors (Lipinski definition) is 0. The lowest BCUT2D eigenvalue weighted by Gasteiger charge is -2.30. The summed E-state index contributed by atoms with van der Waals surface area (Å²) in [5.74, 6) is 4.05. The molecule has 0 aromatic carbocycles. The van der Waals surface area contributed by atoms with Crippen molar-refractivity contribution in [1.82, 2.24) is 0 Å². The Kier molecular flexibility index (Phi) is 8.63. The largest absolute Gasteiger partial charge is 0.0885 e. The van der Waals surface area contributed by atoms with Crippen molar-refractivity contribution in [3.63, 3.8) is 0 Å². The van der Waals surface area contributed by atoms with Gasteiger partial charge in [0.1, 0.15) is 0 Å². The van der Waals surface area contributed by atoms with Crippen molar-refractivity contribution in [3.8, 4) is 0 Å². The summed E-state index contributed by atoms with van der Waals surface area (Å²) in [5, 5.41) is 0. The minimum atomic E-state index is 0.911. The van der Waals surface area contributed by atoms with Crippen molar-refractivity contribution in [2.45, 2.75) is 104 Å². The predicted molar refractivity (Wildman–Crippen MR) is 99.1 cm³/mol. The zero-order valence-electron chi connectivity index (χ0n) is 15.4. The molecular weight excluding hydrogens is 264 g/mol. The predicted octanol–water partition coefficient (Wildman–Crippen LogP) is 7.54. The lowest BCUT2D eigenvalue weighted by molar-refractivity contribution is 0.239. The van der Waals surface area contributed by atoms with E-state index in [0.717, 1.165) is 23.7 Å². The molecular formula is C22H40. The van der Waals surface area contributed by atoms with Crippen LogP contribution in [0.15, 0.2) is 12.2 Å². The summed E-state index contributed by atoms with van der Waals surface area (Å²) in [5.41, 5.74) is 0. The highest BCUT2D eigenvalue weighted by molar-refractivity contribution is 4.93. The van der Waals surface area contributed by atoms with Crippen LogP contribution in [0.3, 0.4) is 0 Å². The number of unbranched alkanes of at least 4 members (excludes halogenated alkanes) is 1. The molecule has 0 aliphatic heterocycles. The molecule has 0 nitrogen and oxygen atoms in total. The molecule has 2 aliphatic rings. The average Bonchev–Trinajstić information content (AvgIpc) is 2.58. The van der Waals surface area contributed by atoms with E-state index in [2.05, 4.69) is 26.0 Å². The van der Waals surface area contributed by atoms with Crippen molar-refractivity contribution >= 4 is 0 Å². The van der Waals surface area contributed by atoms with Gasteiger partial charge in [0.2, 0.25) is 0 Å². The molecule has 2 fully saturated rings. The average molecular weight is 305 g/mol. The number of hydrogen-bond acceptors (Lipinski definition) is 0. The van der Waals surface area contributed by atoms with Gasteiger partial charge in [-0.2, -0.15) is 0 Å². The first-order chi connectivity index (χ1) is 10.8. The number of allylic oxidation sites excluding steroid dienone is 2. The summed E-state index contributed by atoms with van der Waals surface area (Å²) in [6.45, 7) is 4.64. The summed E-state index contributed by atoms with van der Waals surface area (Å²) in [4.78, 5) is 0. The van der Waals surface area contributed by atoms with Gasteiger partial charge in [0, 0.05) is 0 Å². The van der Waals surface area contributed by atoms with Crippen LogP contribution in [0, 0.1) is 23.7 Å². The second-order valence-corrected chi connectivity index (χ2v) is 8.12. The maximum atomic E-state index is 2.55. The molecule has 2 rings (SSSR count). The topological polar surface area (TPSA) is 0 Å². The first kappa shape index (κ1) is 18.1. The van der Waals surface area contributed by atoms with Crippen molar-refractivity contribution in [3.05, 3.63) is 12.2 Å². The Morgan fingerprint density at radius 2 is 1.45 bits per heavy atom. The molecule has 0 N–H and O–H groups in total. The fraction of sp³-hybridized carbons (Fsp3) is 0.909. The summed E-state index contributed by atoms with van der Waals surface area (Å²) in [6.07, 6.45) is 25.6. The standard InChI is InChI=1S/C22H40/c1-3-5-11-21-13-8-9-14-22(21)12-7-6-10-20-17-15-19(4-2)16-18-20/h5,11,19-22H,3-4,6-10,12-18H2,1-2H3/b11-5+/t19-,20-,21?,22?. The Hall–Kier alpha value is -0.260. The van der Waals surface area contributed by atoms with E-state index >= 15 is 0 Å². The highest BCUT2D eigenvalue weighted by Crippen LogP contribution is 2.36. The van der Waals surface area contributed by atoms with Crippen molar-refractivity contribution in [2.24, 2.45) is 23.7 Å². The summed E-state index contributed by atoms with van der Waals surface area (Å²) in [6, 6.07) is 0. The fourth-order valence-corrected chi connectivity index (χ4v) is 4.93. The summed E-state index contributed by atoms with van der Waals surface area (Å²) < 4.78 is 0. The maximum absolute atomic E-state index is 2.55. The Balaban J connectivity index is 1.60. The number of rotatable bonds is 8. The van der Waals surface area contributed by atoms with Crippen LogP contribution >= 0.6 is 0 Å². The van der Waals surface area contributed by atoms with Gasteiger partial charge in [0.15, 0.2) is 0 Å². The molecule has 128 valence electrons. The molecule has 0 heterocycles. The lowest BCUT2D eigenvalue weighted by Crippen LogP contribution is -2.18. The van der Waals surface area contributed by atoms with Gasteiger partial charge in [-0.15, -0.1) is 0 Å². The zero-order valence-corrected chi connectivity index (χ0v) is 15.4. The second kappa shape index (κ2) is 10.5. The van der Waals surface area contributed by atoms with Crippen LogP contribution in [0.1, 0.15) is 104 Å². The summed E-state index contributed by atoms with van der Waals surface area (Å²) in [7, 11) is 0. The second-order valence-electron chi connectivity index (χ2n) is 8.12. The third-order valence-electron chi connectivity index (χ3n) is 6.57. The smallest absolute Gasteiger partial charge is 0.0205 e. The van der Waals surface area contributed by atoms with Gasteiger partial charge in [0.05, 0.1) is 0 Å². The van der Waals surface area contributed by atoms with E-state index in [-0.39, 0.29) is 0 Å². The van der Waals surface area contributed by atoms with Gasteiger partial charge in [-0.3, -0.25) is 0 Å². The quantitative estimate of drug-likeness (QED) is 0.321. The van der Waals surface area contributed by atoms with Gasteiger partial charge in [-0.25, -0.2) is 0 Å². The van der Waals surface area contributed by atoms with Crippen LogP contribution in [-0.4, -0.2) is 0 Å². The monoisotopic (exact) mass is 304 g/mol. The van der Waals surface area contributed by atoms with Gasteiger partial charge < -0.3 is 0 Å². The van der Waals surface area contributed by atoms with Crippen molar-refractivity contribution < 1.29 is 0 Å². The van der Waals surface area contributed by atoms with Crippen LogP contribution < -0.4 is 0 Å². The first-order valence-electron chi connectivity index (χ1n) is 10.5. The van der Waals surface area contributed by atoms with Gasteiger partial charge in [-0.05, 0) is 49.4 Å². The van der Waals surface area contributed by atoms with Crippen molar-refractivity contribution in [1.29, 1.82) is 0 Å². The molecule has 2 atom stereocenters. The Morgan fingerprint density at radius 3 is 2.18 bits per heavy atom. The first-order valence-corrected chi connectivity index (χ1v) is 10.5. The van der Waals surface area contributed by atoms with Crippen molar-refractivity contribution in [2.75, 3.05) is 0 Å². The van der Waals surface area contributed by atoms with Gasteiger partial charge >= 0.3 is 0 Å². The lowest BCUT2D eigenvalue weighted by atomic mass is 9.75. The van der Waals surface area contributed by atoms with Gasteiger partial charge in [-0.1, -0.05) is 90.2 Å². The van der Waals surface area contributed by atoms with E-state index in [9.17, 15) is 0 Å². The highest BCUT2D eigenvalue weighted by Gasteiger charge is 2.23. The molecule has 22 heavy (non-hydrogen) atoms. The molecule has 0 amide bonds. The van der Waals surface area contributed by atoms with E-state index < -0.39 is 0 Å². The Bertz CT molecular complexity index is 295. The van der Waals surface area contributed by atoms with Crippen LogP contribution in [0.25, 0.3) is 0 Å². The minimum absolute atomic E-state index is 0.911. The van der Waals surface area contributed by atoms with Crippen LogP contribution in [0.4, 0.5) is 0 Å². The van der Waals surface area contributed by atoms with Crippen LogP contribution in [0.5, 0.6) is 0 Å². The molecule has 2 saturated carbocycles. The van der Waals surface area contributed by atoms with Crippen LogP contribution in [-0.2, 0) is 0 Å². The molecule has 0 bridgehead atoms. The molecule has 0 saturated heterocycles. The molecule has 0 radical (unpaired) electrons. The summed E-state index contributed by atoms with van der Waals surface area (Å²) >= 11 is 0.